The lowest BCUT2D eigenvalue weighted by atomic mass is 10.1. The van der Waals surface area contributed by atoms with E-state index in [2.05, 4.69) is 40.8 Å². The third-order valence-electron chi connectivity index (χ3n) is 4.36. The molecule has 0 unspecified atom stereocenters. The molecule has 108 valence electrons. The van der Waals surface area contributed by atoms with Gasteiger partial charge in [0.05, 0.1) is 6.61 Å². The van der Waals surface area contributed by atoms with Gasteiger partial charge in [-0.25, -0.2) is 0 Å². The Labute approximate surface area is 120 Å². The number of benzene rings is 1. The molecule has 0 atom stereocenters. The summed E-state index contributed by atoms with van der Waals surface area (Å²) in [5, 5.41) is 10.6. The van der Waals surface area contributed by atoms with Crippen molar-refractivity contribution in [3.05, 3.63) is 35.5 Å². The van der Waals surface area contributed by atoms with Crippen molar-refractivity contribution in [3.63, 3.8) is 0 Å². The highest BCUT2D eigenvalue weighted by atomic mass is 16.3. The molecule has 0 amide bonds. The van der Waals surface area contributed by atoms with Crippen LogP contribution < -0.4 is 0 Å². The molecule has 2 heterocycles. The molecule has 1 aromatic carbocycles. The second-order valence-electron chi connectivity index (χ2n) is 5.89. The van der Waals surface area contributed by atoms with Gasteiger partial charge in [0.2, 0.25) is 0 Å². The first kappa shape index (κ1) is 13.7. The fourth-order valence-electron chi connectivity index (χ4n) is 3.25. The lowest BCUT2D eigenvalue weighted by Crippen LogP contribution is -2.21. The molecule has 1 N–H and O–H groups in total. The van der Waals surface area contributed by atoms with E-state index < -0.39 is 0 Å². The van der Waals surface area contributed by atoms with Crippen molar-refractivity contribution in [2.45, 2.75) is 32.7 Å². The molecule has 0 saturated carbocycles. The molecule has 20 heavy (non-hydrogen) atoms. The number of aliphatic hydroxyl groups excluding tert-OH is 1. The van der Waals surface area contributed by atoms with E-state index in [4.69, 9.17) is 0 Å². The number of fused-ring (bicyclic) bond motifs is 1. The minimum atomic E-state index is 0.198. The van der Waals surface area contributed by atoms with Gasteiger partial charge >= 0.3 is 0 Å². The number of aliphatic hydroxyl groups is 1. The smallest absolute Gasteiger partial charge is 0.0610 e. The van der Waals surface area contributed by atoms with Crippen molar-refractivity contribution in [3.8, 4) is 0 Å². The van der Waals surface area contributed by atoms with Crippen LogP contribution in [0.3, 0.4) is 0 Å². The molecule has 3 heteroatoms. The molecule has 1 aromatic heterocycles. The molecule has 1 aliphatic rings. The summed E-state index contributed by atoms with van der Waals surface area (Å²) in [4.78, 5) is 2.56. The summed E-state index contributed by atoms with van der Waals surface area (Å²) in [6, 6.07) is 6.65. The molecule has 1 saturated heterocycles. The van der Waals surface area contributed by atoms with Crippen molar-refractivity contribution in [1.82, 2.24) is 9.47 Å². The third-order valence-corrected chi connectivity index (χ3v) is 4.36. The number of hydrogen-bond acceptors (Lipinski definition) is 2. The summed E-state index contributed by atoms with van der Waals surface area (Å²) in [5.41, 5.74) is 3.96. The highest BCUT2D eigenvalue weighted by Gasteiger charge is 2.13. The molecule has 0 spiro atoms. The second-order valence-corrected chi connectivity index (χ2v) is 5.89. The van der Waals surface area contributed by atoms with Gasteiger partial charge in [0, 0.05) is 30.2 Å². The van der Waals surface area contributed by atoms with Crippen LogP contribution in [-0.4, -0.2) is 40.8 Å². The van der Waals surface area contributed by atoms with Crippen molar-refractivity contribution in [2.24, 2.45) is 0 Å². The van der Waals surface area contributed by atoms with Crippen molar-refractivity contribution in [1.29, 1.82) is 0 Å². The maximum Gasteiger partial charge on any atom is 0.0610 e. The fraction of sp³-hybridized carbons (Fsp3) is 0.529. The van der Waals surface area contributed by atoms with Crippen LogP contribution in [-0.2, 0) is 13.0 Å². The average Bonchev–Trinajstić information content (AvgIpc) is 3.05. The highest BCUT2D eigenvalue weighted by molar-refractivity contribution is 5.84. The molecule has 0 aliphatic carbocycles. The minimum absolute atomic E-state index is 0.198. The summed E-state index contributed by atoms with van der Waals surface area (Å²) in [7, 11) is 0. The number of nitrogens with zero attached hydrogens (tertiary/aromatic N) is 2. The third kappa shape index (κ3) is 2.74. The molecule has 1 fully saturated rings. The summed E-state index contributed by atoms with van der Waals surface area (Å²) in [5.74, 6) is 0. The van der Waals surface area contributed by atoms with Crippen molar-refractivity contribution >= 4 is 10.9 Å². The van der Waals surface area contributed by atoms with E-state index in [-0.39, 0.29) is 6.61 Å². The Morgan fingerprint density at radius 3 is 2.70 bits per heavy atom. The van der Waals surface area contributed by atoms with Gasteiger partial charge in [-0.3, -0.25) is 0 Å². The van der Waals surface area contributed by atoms with E-state index in [1.165, 1.54) is 48.0 Å². The second kappa shape index (κ2) is 5.98. The quantitative estimate of drug-likeness (QED) is 0.906. The Hall–Kier alpha value is -1.32. The summed E-state index contributed by atoms with van der Waals surface area (Å²) >= 11 is 0. The summed E-state index contributed by atoms with van der Waals surface area (Å²) in [6.45, 7) is 6.68. The SMILES string of the molecule is Cc1ccc2c(CCN3CCCC3)cn(CCO)c2c1. The van der Waals surface area contributed by atoms with E-state index in [1.807, 2.05) is 0 Å². The lowest BCUT2D eigenvalue weighted by molar-refractivity contribution is 0.278. The normalized spacial score (nSPS) is 16.3. The van der Waals surface area contributed by atoms with Crippen molar-refractivity contribution < 1.29 is 5.11 Å². The van der Waals surface area contributed by atoms with Crippen LogP contribution in [0.2, 0.25) is 0 Å². The molecular weight excluding hydrogens is 248 g/mol. The maximum atomic E-state index is 9.23. The van der Waals surface area contributed by atoms with Crippen LogP contribution in [0, 0.1) is 6.92 Å². The van der Waals surface area contributed by atoms with Gasteiger partial charge in [0.1, 0.15) is 0 Å². The van der Waals surface area contributed by atoms with Crippen LogP contribution in [0.1, 0.15) is 24.0 Å². The number of likely N-dealkylation sites (tertiary alicyclic amines) is 1. The first-order valence-corrected chi connectivity index (χ1v) is 7.69. The molecule has 1 aliphatic heterocycles. The largest absolute Gasteiger partial charge is 0.395 e. The number of rotatable bonds is 5. The first-order chi connectivity index (χ1) is 9.78. The van der Waals surface area contributed by atoms with E-state index in [1.54, 1.807) is 0 Å². The predicted molar refractivity (Wildman–Crippen MR) is 83.1 cm³/mol. The monoisotopic (exact) mass is 272 g/mol. The highest BCUT2D eigenvalue weighted by Crippen LogP contribution is 2.24. The first-order valence-electron chi connectivity index (χ1n) is 7.69. The molecule has 0 bridgehead atoms. The predicted octanol–water partition coefficient (Wildman–Crippen LogP) is 2.58. The zero-order valence-corrected chi connectivity index (χ0v) is 12.3. The Bertz CT molecular complexity index is 582. The van der Waals surface area contributed by atoms with E-state index in [0.717, 1.165) is 13.0 Å². The fourth-order valence-corrected chi connectivity index (χ4v) is 3.25. The van der Waals surface area contributed by atoms with Crippen LogP contribution >= 0.6 is 0 Å². The Morgan fingerprint density at radius 2 is 1.95 bits per heavy atom. The summed E-state index contributed by atoms with van der Waals surface area (Å²) in [6.07, 6.45) is 6.05. The average molecular weight is 272 g/mol. The minimum Gasteiger partial charge on any atom is -0.395 e. The zero-order valence-electron chi connectivity index (χ0n) is 12.3. The molecule has 3 nitrogen and oxygen atoms in total. The summed E-state index contributed by atoms with van der Waals surface area (Å²) < 4.78 is 2.20. The van der Waals surface area contributed by atoms with Gasteiger partial charge in [0.25, 0.3) is 0 Å². The van der Waals surface area contributed by atoms with E-state index >= 15 is 0 Å². The molecular formula is C17H24N2O. The zero-order chi connectivity index (χ0) is 13.9. The van der Waals surface area contributed by atoms with Gasteiger partial charge in [-0.2, -0.15) is 0 Å². The number of aryl methyl sites for hydroxylation is 1. The molecule has 0 radical (unpaired) electrons. The van der Waals surface area contributed by atoms with Gasteiger partial charge < -0.3 is 14.6 Å². The number of aromatic nitrogens is 1. The Balaban J connectivity index is 1.85. The van der Waals surface area contributed by atoms with Gasteiger partial charge in [-0.05, 0) is 56.5 Å². The van der Waals surface area contributed by atoms with Gasteiger partial charge in [0.15, 0.2) is 0 Å². The standard InChI is InChI=1S/C17H24N2O/c1-14-4-5-16-15(6-9-18-7-2-3-8-18)13-19(10-11-20)17(16)12-14/h4-5,12-13,20H,2-3,6-11H2,1H3. The van der Waals surface area contributed by atoms with E-state index in [0.29, 0.717) is 6.54 Å². The molecule has 2 aromatic rings. The van der Waals surface area contributed by atoms with Crippen LogP contribution in [0.25, 0.3) is 10.9 Å². The van der Waals surface area contributed by atoms with Crippen LogP contribution in [0.15, 0.2) is 24.4 Å². The maximum absolute atomic E-state index is 9.23. The van der Waals surface area contributed by atoms with Crippen LogP contribution in [0.5, 0.6) is 0 Å². The Morgan fingerprint density at radius 1 is 1.15 bits per heavy atom. The van der Waals surface area contributed by atoms with Gasteiger partial charge in [-0.15, -0.1) is 0 Å². The van der Waals surface area contributed by atoms with Gasteiger partial charge in [-0.1, -0.05) is 12.1 Å². The Kier molecular flexibility index (Phi) is 4.08. The topological polar surface area (TPSA) is 28.4 Å². The molecule has 3 rings (SSSR count). The van der Waals surface area contributed by atoms with Crippen molar-refractivity contribution in [2.75, 3.05) is 26.2 Å². The van der Waals surface area contributed by atoms with Crippen LogP contribution in [0.4, 0.5) is 0 Å². The number of hydrogen-bond donors (Lipinski definition) is 1. The lowest BCUT2D eigenvalue weighted by Gasteiger charge is -2.13. The van der Waals surface area contributed by atoms with E-state index in [9.17, 15) is 5.11 Å².